The number of piperidine rings is 1. The Balaban J connectivity index is 2.04. The first kappa shape index (κ1) is 39.9. The third kappa shape index (κ3) is 11.0. The lowest BCUT2D eigenvalue weighted by Crippen LogP contribution is -2.64. The van der Waals surface area contributed by atoms with Crippen molar-refractivity contribution in [2.75, 3.05) is 19.6 Å². The molecule has 0 aliphatic carbocycles. The zero-order valence-corrected chi connectivity index (χ0v) is 30.2. The molecule has 6 N–H and O–H groups in total. The highest BCUT2D eigenvalue weighted by Gasteiger charge is 2.43. The monoisotopic (exact) mass is 690 g/mol. The Hall–Kier alpha value is -3.52. The van der Waals surface area contributed by atoms with Crippen molar-refractivity contribution in [2.24, 2.45) is 17.8 Å². The largest absolute Gasteiger partial charge is 0.481 e. The number of carboxylic acids is 1. The van der Waals surface area contributed by atoms with E-state index in [2.05, 4.69) is 37.6 Å². The third-order valence-electron chi connectivity index (χ3n) is 9.65. The van der Waals surface area contributed by atoms with E-state index < -0.39 is 71.8 Å². The number of aliphatic hydroxyl groups is 1. The minimum absolute atomic E-state index is 0.0417. The molecule has 0 radical (unpaired) electrons. The van der Waals surface area contributed by atoms with Gasteiger partial charge in [0.1, 0.15) is 23.9 Å². The molecule has 0 spiro atoms. The molecule has 276 valence electrons. The van der Waals surface area contributed by atoms with Gasteiger partial charge in [-0.1, -0.05) is 20.4 Å². The van der Waals surface area contributed by atoms with Crippen LogP contribution in [0.15, 0.2) is 12.3 Å². The van der Waals surface area contributed by atoms with E-state index in [0.29, 0.717) is 38.9 Å². The van der Waals surface area contributed by atoms with Crippen LogP contribution in [0.1, 0.15) is 93.4 Å². The average molecular weight is 691 g/mol. The highest BCUT2D eigenvalue weighted by Crippen LogP contribution is 2.32. The number of fused-ring (bicyclic) bond motifs is 14. The average Bonchev–Trinajstić information content (AvgIpc) is 3.45. The number of nitrogens with zero attached hydrogens (tertiary/aromatic N) is 2. The number of rotatable bonds is 6. The Morgan fingerprint density at radius 3 is 2.14 bits per heavy atom. The zero-order valence-electron chi connectivity index (χ0n) is 30.2. The molecule has 0 saturated carbocycles. The van der Waals surface area contributed by atoms with E-state index in [-0.39, 0.29) is 36.0 Å². The molecule has 4 saturated heterocycles. The number of hydrogen-bond donors (Lipinski definition) is 6. The Morgan fingerprint density at radius 2 is 1.59 bits per heavy atom. The molecule has 4 aliphatic rings. The zero-order chi connectivity index (χ0) is 36.8. The van der Waals surface area contributed by atoms with Crippen molar-refractivity contribution in [3.05, 3.63) is 12.3 Å². The molecular formula is C35H58N6O8. The highest BCUT2D eigenvalue weighted by atomic mass is 16.4. The van der Waals surface area contributed by atoms with Crippen LogP contribution in [0.5, 0.6) is 0 Å². The van der Waals surface area contributed by atoms with Gasteiger partial charge in [-0.05, 0) is 79.2 Å². The minimum atomic E-state index is -1.57. The standard InChI is InChI=1S/C35H58N6O8/c1-19(2)16-24-17-27(43)23-11-14-40(15-12-23)21(4)26-10-9-13-41(26)30(34(49)39-35(6,7)8)20(3)36-33(48)29(22(5)42)38-32(47)25(18-28(44)45)37-31(24)46/h19-20,22-26,29-30,42H,4,9-18H2,1-3,5-8H3,(H,36,48)(H,37,46)(H,38,47)(H,39,49)(H,44,45)/t20-,22+,24+,25-,26-,29-,30-/m0/s1. The van der Waals surface area contributed by atoms with Crippen LogP contribution < -0.4 is 21.3 Å². The summed E-state index contributed by atoms with van der Waals surface area (Å²) in [5.41, 5.74) is 0.277. The van der Waals surface area contributed by atoms with Crippen LogP contribution in [0, 0.1) is 17.8 Å². The van der Waals surface area contributed by atoms with E-state index in [1.807, 2.05) is 34.6 Å². The maximum absolute atomic E-state index is 13.9. The van der Waals surface area contributed by atoms with Gasteiger partial charge in [-0.15, -0.1) is 0 Å². The lowest BCUT2D eigenvalue weighted by molar-refractivity contribution is -0.142. The molecule has 7 atom stereocenters. The van der Waals surface area contributed by atoms with Gasteiger partial charge in [0.25, 0.3) is 0 Å². The number of carbonyl (C=O) groups is 6. The van der Waals surface area contributed by atoms with E-state index in [4.69, 9.17) is 0 Å². The Morgan fingerprint density at radius 1 is 0.959 bits per heavy atom. The molecule has 4 aliphatic heterocycles. The summed E-state index contributed by atoms with van der Waals surface area (Å²) < 4.78 is 0. The van der Waals surface area contributed by atoms with Crippen molar-refractivity contribution >= 4 is 35.4 Å². The first-order chi connectivity index (χ1) is 22.8. The molecule has 0 aromatic heterocycles. The van der Waals surface area contributed by atoms with Crippen LogP contribution in [0.25, 0.3) is 0 Å². The summed E-state index contributed by atoms with van der Waals surface area (Å²) in [5, 5.41) is 31.0. The van der Waals surface area contributed by atoms with Crippen molar-refractivity contribution in [1.29, 1.82) is 0 Å². The number of aliphatic carboxylic acids is 1. The summed E-state index contributed by atoms with van der Waals surface area (Å²) >= 11 is 0. The first-order valence-electron chi connectivity index (χ1n) is 17.6. The number of carbonyl (C=O) groups excluding carboxylic acids is 5. The first-order valence-corrected chi connectivity index (χ1v) is 17.6. The number of Topliss-reactive ketones (excluding diaryl/α,β-unsaturated/α-hetero) is 1. The minimum Gasteiger partial charge on any atom is -0.481 e. The molecule has 49 heavy (non-hydrogen) atoms. The van der Waals surface area contributed by atoms with Gasteiger partial charge in [0.15, 0.2) is 0 Å². The summed E-state index contributed by atoms with van der Waals surface area (Å²) in [4.78, 5) is 84.2. The number of hydrogen-bond acceptors (Lipinski definition) is 9. The van der Waals surface area contributed by atoms with Crippen LogP contribution in [0.4, 0.5) is 0 Å². The van der Waals surface area contributed by atoms with Gasteiger partial charge < -0.3 is 36.4 Å². The lowest BCUT2D eigenvalue weighted by Gasteiger charge is -2.42. The molecule has 0 aromatic rings. The van der Waals surface area contributed by atoms with Crippen molar-refractivity contribution in [2.45, 2.75) is 135 Å². The molecule has 2 bridgehead atoms. The van der Waals surface area contributed by atoms with E-state index in [0.717, 1.165) is 18.5 Å². The second kappa shape index (κ2) is 16.9. The van der Waals surface area contributed by atoms with Gasteiger partial charge in [0.05, 0.1) is 18.6 Å². The van der Waals surface area contributed by atoms with Crippen LogP contribution >= 0.6 is 0 Å². The van der Waals surface area contributed by atoms with Gasteiger partial charge in [-0.25, -0.2) is 0 Å². The molecule has 14 nitrogen and oxygen atoms in total. The van der Waals surface area contributed by atoms with E-state index >= 15 is 0 Å². The molecule has 0 aromatic carbocycles. The fraction of sp³-hybridized carbons (Fsp3) is 0.771. The number of aliphatic hydroxyl groups excluding tert-OH is 1. The van der Waals surface area contributed by atoms with Crippen molar-refractivity contribution in [1.82, 2.24) is 31.1 Å². The van der Waals surface area contributed by atoms with E-state index in [9.17, 15) is 39.0 Å². The number of amides is 4. The Bertz CT molecular complexity index is 1250. The topological polar surface area (TPSA) is 197 Å². The second-order valence-corrected chi connectivity index (χ2v) is 15.5. The number of nitrogens with one attached hydrogen (secondary N) is 4. The summed E-state index contributed by atoms with van der Waals surface area (Å²) in [7, 11) is 0. The maximum atomic E-state index is 13.9. The number of carboxylic acid groups (broad SMARTS) is 1. The van der Waals surface area contributed by atoms with Crippen LogP contribution in [-0.4, -0.2) is 117 Å². The molecule has 4 heterocycles. The van der Waals surface area contributed by atoms with Crippen LogP contribution in [0.3, 0.4) is 0 Å². The van der Waals surface area contributed by atoms with Gasteiger partial charge >= 0.3 is 5.97 Å². The lowest BCUT2D eigenvalue weighted by atomic mass is 9.84. The van der Waals surface area contributed by atoms with Crippen LogP contribution in [-0.2, 0) is 28.8 Å². The molecular weight excluding hydrogens is 632 g/mol. The van der Waals surface area contributed by atoms with Gasteiger partial charge in [-0.2, -0.15) is 0 Å². The van der Waals surface area contributed by atoms with Crippen LogP contribution in [0.2, 0.25) is 0 Å². The SMILES string of the molecule is C=C1[C@@H]2CCCN2[C@H](C(=O)NC(C)(C)C)[C@H](C)NC(=O)[C@H]([C@@H](C)O)NC(=O)[C@H](CC(=O)O)NC(=O)[C@H](CC(C)C)CC(=O)C2CCN1CC2. The van der Waals surface area contributed by atoms with Crippen molar-refractivity contribution < 1.29 is 39.0 Å². The normalized spacial score (nSPS) is 30.7. The van der Waals surface area contributed by atoms with Gasteiger partial charge in [0.2, 0.25) is 23.6 Å². The Kier molecular flexibility index (Phi) is 13.8. The summed E-state index contributed by atoms with van der Waals surface area (Å²) in [6.45, 7) is 18.6. The maximum Gasteiger partial charge on any atom is 0.305 e. The van der Waals surface area contributed by atoms with E-state index in [1.165, 1.54) is 6.92 Å². The molecule has 4 amide bonds. The fourth-order valence-electron chi connectivity index (χ4n) is 7.27. The Labute approximate surface area is 290 Å². The molecule has 14 heteroatoms. The predicted octanol–water partition coefficient (Wildman–Crippen LogP) is 0.925. The fourth-order valence-corrected chi connectivity index (χ4v) is 7.27. The van der Waals surface area contributed by atoms with Crippen molar-refractivity contribution in [3.63, 3.8) is 0 Å². The molecule has 4 rings (SSSR count). The van der Waals surface area contributed by atoms with E-state index in [1.54, 1.807) is 6.92 Å². The van der Waals surface area contributed by atoms with Crippen molar-refractivity contribution in [3.8, 4) is 0 Å². The molecule has 4 fully saturated rings. The number of ketones is 1. The van der Waals surface area contributed by atoms with Gasteiger partial charge in [0, 0.05) is 48.6 Å². The third-order valence-corrected chi connectivity index (χ3v) is 9.65. The quantitative estimate of drug-likeness (QED) is 0.218. The second-order valence-electron chi connectivity index (χ2n) is 15.5. The summed E-state index contributed by atoms with van der Waals surface area (Å²) in [5.74, 6) is -5.09. The summed E-state index contributed by atoms with van der Waals surface area (Å²) in [6.07, 6.45) is 0.817. The molecule has 0 unspecified atom stereocenters. The highest BCUT2D eigenvalue weighted by molar-refractivity contribution is 5.96. The van der Waals surface area contributed by atoms with Gasteiger partial charge in [-0.3, -0.25) is 33.7 Å². The smallest absolute Gasteiger partial charge is 0.305 e. The summed E-state index contributed by atoms with van der Waals surface area (Å²) in [6, 6.07) is -4.92. The predicted molar refractivity (Wildman–Crippen MR) is 183 cm³/mol.